The molecule has 226 valence electrons. The van der Waals surface area contributed by atoms with Crippen LogP contribution in [0.3, 0.4) is 0 Å². The molecule has 45 heavy (non-hydrogen) atoms. The SMILES string of the molecule is O=C(C=Cc1cc(Cl)ccc1-n1cnnn1)N[C@@H](Cc1ccccc1)C(=O)Nc1ccc(NC(=O)OCc2cccnc2)cc1. The fraction of sp³-hybridized carbons (Fsp3) is 0.0938. The molecular weight excluding hydrogens is 596 g/mol. The Kier molecular flexibility index (Phi) is 10.2. The molecule has 0 aliphatic carbocycles. The van der Waals surface area contributed by atoms with Crippen LogP contribution in [0.4, 0.5) is 16.2 Å². The van der Waals surface area contributed by atoms with Gasteiger partial charge in [-0.1, -0.05) is 48.0 Å². The number of ether oxygens (including phenoxy) is 1. The molecule has 3 aromatic carbocycles. The van der Waals surface area contributed by atoms with Gasteiger partial charge >= 0.3 is 6.09 Å². The third kappa shape index (κ3) is 9.05. The summed E-state index contributed by atoms with van der Waals surface area (Å²) in [5.74, 6) is -0.910. The number of nitrogens with one attached hydrogen (secondary N) is 3. The molecule has 0 aliphatic rings. The molecule has 12 nitrogen and oxygen atoms in total. The fourth-order valence-corrected chi connectivity index (χ4v) is 4.42. The second kappa shape index (κ2) is 15.0. The van der Waals surface area contributed by atoms with Crippen LogP contribution in [-0.4, -0.2) is 49.1 Å². The third-order valence-corrected chi connectivity index (χ3v) is 6.64. The number of aromatic nitrogens is 5. The lowest BCUT2D eigenvalue weighted by atomic mass is 10.0. The number of carbonyl (C=O) groups is 3. The highest BCUT2D eigenvalue weighted by Gasteiger charge is 2.21. The molecule has 5 aromatic rings. The van der Waals surface area contributed by atoms with Gasteiger partial charge in [-0.05, 0) is 70.6 Å². The van der Waals surface area contributed by atoms with Gasteiger partial charge in [0.25, 0.3) is 0 Å². The average Bonchev–Trinajstić information content (AvgIpc) is 3.59. The van der Waals surface area contributed by atoms with Crippen molar-refractivity contribution in [1.29, 1.82) is 0 Å². The van der Waals surface area contributed by atoms with Gasteiger partial charge < -0.3 is 15.4 Å². The number of benzene rings is 3. The first-order valence-corrected chi connectivity index (χ1v) is 14.1. The maximum Gasteiger partial charge on any atom is 0.411 e. The Hall–Kier alpha value is -5.88. The second-order valence-electron chi connectivity index (χ2n) is 9.67. The summed E-state index contributed by atoms with van der Waals surface area (Å²) in [6.45, 7) is 0.0804. The third-order valence-electron chi connectivity index (χ3n) is 6.41. The minimum Gasteiger partial charge on any atom is -0.444 e. The molecular formula is C32H27ClN8O4. The molecule has 0 unspecified atom stereocenters. The van der Waals surface area contributed by atoms with E-state index in [1.54, 1.807) is 73.1 Å². The van der Waals surface area contributed by atoms with Gasteiger partial charge in [0, 0.05) is 52.4 Å². The van der Waals surface area contributed by atoms with E-state index in [9.17, 15) is 14.4 Å². The van der Waals surface area contributed by atoms with E-state index in [1.807, 2.05) is 30.3 Å². The van der Waals surface area contributed by atoms with Gasteiger partial charge in [-0.2, -0.15) is 4.68 Å². The van der Waals surface area contributed by atoms with Crippen LogP contribution in [0.15, 0.2) is 110 Å². The van der Waals surface area contributed by atoms with Crippen LogP contribution in [-0.2, 0) is 27.4 Å². The minimum absolute atomic E-state index is 0.0804. The summed E-state index contributed by atoms with van der Waals surface area (Å²) in [4.78, 5) is 42.6. The van der Waals surface area contributed by atoms with Gasteiger partial charge in [-0.3, -0.25) is 19.9 Å². The Labute approximate surface area is 263 Å². The number of hydrogen-bond donors (Lipinski definition) is 3. The fourth-order valence-electron chi connectivity index (χ4n) is 4.24. The molecule has 0 fully saturated rings. The van der Waals surface area contributed by atoms with Crippen LogP contribution in [0.2, 0.25) is 5.02 Å². The van der Waals surface area contributed by atoms with Crippen molar-refractivity contribution in [2.45, 2.75) is 19.1 Å². The van der Waals surface area contributed by atoms with Crippen LogP contribution >= 0.6 is 11.6 Å². The molecule has 2 heterocycles. The highest BCUT2D eigenvalue weighted by Crippen LogP contribution is 2.20. The number of nitrogens with zero attached hydrogens (tertiary/aromatic N) is 5. The Morgan fingerprint density at radius 1 is 0.911 bits per heavy atom. The molecule has 3 amide bonds. The number of amides is 3. The Bertz CT molecular complexity index is 1770. The van der Waals surface area contributed by atoms with E-state index in [2.05, 4.69) is 36.5 Å². The summed E-state index contributed by atoms with van der Waals surface area (Å²) in [6, 6.07) is 23.6. The van der Waals surface area contributed by atoms with E-state index in [-0.39, 0.29) is 13.0 Å². The summed E-state index contributed by atoms with van der Waals surface area (Å²) < 4.78 is 6.66. The zero-order valence-corrected chi connectivity index (χ0v) is 24.5. The molecule has 3 N–H and O–H groups in total. The van der Waals surface area contributed by atoms with Crippen LogP contribution < -0.4 is 16.0 Å². The quantitative estimate of drug-likeness (QED) is 0.177. The molecule has 0 saturated heterocycles. The average molecular weight is 623 g/mol. The molecule has 1 atom stereocenters. The van der Waals surface area contributed by atoms with Crippen molar-refractivity contribution in [3.8, 4) is 5.69 Å². The molecule has 0 spiro atoms. The van der Waals surface area contributed by atoms with Crippen molar-refractivity contribution in [3.05, 3.63) is 131 Å². The lowest BCUT2D eigenvalue weighted by Gasteiger charge is -2.18. The van der Waals surface area contributed by atoms with Crippen molar-refractivity contribution in [2.24, 2.45) is 0 Å². The van der Waals surface area contributed by atoms with Crippen LogP contribution in [0.25, 0.3) is 11.8 Å². The Morgan fingerprint density at radius 2 is 1.67 bits per heavy atom. The number of tetrazole rings is 1. The minimum atomic E-state index is -0.900. The lowest BCUT2D eigenvalue weighted by molar-refractivity contribution is -0.123. The number of halogens is 1. The van der Waals surface area contributed by atoms with Crippen molar-refractivity contribution in [3.63, 3.8) is 0 Å². The monoisotopic (exact) mass is 622 g/mol. The zero-order chi connectivity index (χ0) is 31.4. The summed E-state index contributed by atoms with van der Waals surface area (Å²) >= 11 is 6.18. The van der Waals surface area contributed by atoms with E-state index in [0.717, 1.165) is 11.1 Å². The van der Waals surface area contributed by atoms with Crippen molar-refractivity contribution >= 4 is 47.0 Å². The van der Waals surface area contributed by atoms with Crippen LogP contribution in [0.1, 0.15) is 16.7 Å². The van der Waals surface area contributed by atoms with E-state index in [1.165, 1.54) is 17.1 Å². The summed E-state index contributed by atoms with van der Waals surface area (Å²) in [6.07, 6.45) is 7.19. The number of hydrogen-bond acceptors (Lipinski definition) is 8. The number of pyridine rings is 1. The summed E-state index contributed by atoms with van der Waals surface area (Å²) in [5, 5.41) is 19.9. The second-order valence-corrected chi connectivity index (χ2v) is 10.1. The van der Waals surface area contributed by atoms with E-state index in [0.29, 0.717) is 27.6 Å². The normalized spacial score (nSPS) is 11.5. The van der Waals surface area contributed by atoms with Crippen LogP contribution in [0.5, 0.6) is 0 Å². The van der Waals surface area contributed by atoms with Gasteiger partial charge in [0.15, 0.2) is 0 Å². The molecule has 5 rings (SSSR count). The summed E-state index contributed by atoms with van der Waals surface area (Å²) in [5.41, 5.74) is 3.79. The van der Waals surface area contributed by atoms with Gasteiger partial charge in [0.1, 0.15) is 19.0 Å². The maximum atomic E-state index is 13.4. The molecule has 0 bridgehead atoms. The largest absolute Gasteiger partial charge is 0.444 e. The van der Waals surface area contributed by atoms with Gasteiger partial charge in [0.05, 0.1) is 5.69 Å². The molecule has 0 radical (unpaired) electrons. The van der Waals surface area contributed by atoms with Gasteiger partial charge in [-0.15, -0.1) is 5.10 Å². The first-order valence-electron chi connectivity index (χ1n) is 13.7. The predicted molar refractivity (Wildman–Crippen MR) is 168 cm³/mol. The van der Waals surface area contributed by atoms with Crippen LogP contribution in [0, 0.1) is 0 Å². The van der Waals surface area contributed by atoms with Gasteiger partial charge in [-0.25, -0.2) is 4.79 Å². The van der Waals surface area contributed by atoms with Gasteiger partial charge in [0.2, 0.25) is 11.8 Å². The van der Waals surface area contributed by atoms with Crippen molar-refractivity contribution in [1.82, 2.24) is 30.5 Å². The maximum absolute atomic E-state index is 13.4. The topological polar surface area (TPSA) is 153 Å². The smallest absolute Gasteiger partial charge is 0.411 e. The van der Waals surface area contributed by atoms with Crippen molar-refractivity contribution < 1.29 is 19.1 Å². The molecule has 2 aromatic heterocycles. The number of anilines is 2. The predicted octanol–water partition coefficient (Wildman–Crippen LogP) is 4.84. The van der Waals surface area contributed by atoms with E-state index < -0.39 is 23.9 Å². The highest BCUT2D eigenvalue weighted by molar-refractivity contribution is 6.30. The first-order chi connectivity index (χ1) is 21.9. The molecule has 13 heteroatoms. The number of rotatable bonds is 11. The van der Waals surface area contributed by atoms with E-state index >= 15 is 0 Å². The highest BCUT2D eigenvalue weighted by atomic mass is 35.5. The van der Waals surface area contributed by atoms with E-state index in [4.69, 9.17) is 16.3 Å². The molecule has 0 aliphatic heterocycles. The standard InChI is InChI=1S/C32H27ClN8O4/c33-25-9-14-29(41-21-35-39-40-41)24(18-25)8-15-30(42)38-28(17-22-5-2-1-3-6-22)31(43)36-26-10-12-27(13-11-26)37-32(44)45-20-23-7-4-16-34-19-23/h1-16,18-19,21,28H,17,20H2,(H,36,43)(H,37,44)(H,38,42)/t28-/m0/s1. The Balaban J connectivity index is 1.23. The lowest BCUT2D eigenvalue weighted by Crippen LogP contribution is -2.44. The zero-order valence-electron chi connectivity index (χ0n) is 23.7. The summed E-state index contributed by atoms with van der Waals surface area (Å²) in [7, 11) is 0. The first kappa shape index (κ1) is 30.6. The Morgan fingerprint density at radius 3 is 2.38 bits per heavy atom. The molecule has 0 saturated carbocycles. The number of carbonyl (C=O) groups excluding carboxylic acids is 3. The van der Waals surface area contributed by atoms with Crippen molar-refractivity contribution in [2.75, 3.05) is 10.6 Å².